The van der Waals surface area contributed by atoms with E-state index in [0.29, 0.717) is 0 Å². The van der Waals surface area contributed by atoms with Crippen molar-refractivity contribution in [2.45, 2.75) is 20.4 Å². The molecule has 0 fully saturated rings. The Morgan fingerprint density at radius 1 is 1.08 bits per heavy atom. The van der Waals surface area contributed by atoms with Crippen molar-refractivity contribution in [2.24, 2.45) is 0 Å². The van der Waals surface area contributed by atoms with Crippen LogP contribution < -0.4 is 10.9 Å². The molecule has 1 aromatic heterocycles. The smallest absolute Gasteiger partial charge is 0.273 e. The van der Waals surface area contributed by atoms with Crippen LogP contribution in [0.1, 0.15) is 21.7 Å². The second-order valence-corrected chi connectivity index (χ2v) is 5.80. The SMILES string of the molecule is Cc1cc(C)n(CC(=O)NNC(=O)c2cc3ccccc3cc2O)n1. The molecular formula is C18H18N4O3. The molecule has 0 bridgehead atoms. The zero-order valence-corrected chi connectivity index (χ0v) is 13.9. The number of carbonyl (C=O) groups excluding carboxylic acids is 2. The highest BCUT2D eigenvalue weighted by Crippen LogP contribution is 2.24. The number of nitrogens with one attached hydrogen (secondary N) is 2. The molecule has 0 spiro atoms. The number of aryl methyl sites for hydroxylation is 2. The van der Waals surface area contributed by atoms with Crippen LogP contribution in [-0.4, -0.2) is 26.7 Å². The summed E-state index contributed by atoms with van der Waals surface area (Å²) in [5.74, 6) is -1.16. The van der Waals surface area contributed by atoms with Crippen LogP contribution in [0, 0.1) is 13.8 Å². The molecule has 0 aliphatic carbocycles. The van der Waals surface area contributed by atoms with E-state index in [1.165, 1.54) is 6.07 Å². The van der Waals surface area contributed by atoms with Crippen molar-refractivity contribution in [1.82, 2.24) is 20.6 Å². The third-order valence-electron chi connectivity index (χ3n) is 3.82. The van der Waals surface area contributed by atoms with Crippen LogP contribution in [0.15, 0.2) is 42.5 Å². The molecular weight excluding hydrogens is 320 g/mol. The number of amides is 2. The average Bonchev–Trinajstić information content (AvgIpc) is 2.89. The molecule has 0 atom stereocenters. The minimum Gasteiger partial charge on any atom is -0.507 e. The van der Waals surface area contributed by atoms with Crippen molar-refractivity contribution < 1.29 is 14.7 Å². The third-order valence-corrected chi connectivity index (χ3v) is 3.82. The summed E-state index contributed by atoms with van der Waals surface area (Å²) in [5.41, 5.74) is 6.40. The Morgan fingerprint density at radius 3 is 2.40 bits per heavy atom. The maximum Gasteiger partial charge on any atom is 0.273 e. The van der Waals surface area contributed by atoms with Crippen LogP contribution in [0.2, 0.25) is 0 Å². The molecule has 0 saturated carbocycles. The first-order valence-corrected chi connectivity index (χ1v) is 7.76. The fourth-order valence-electron chi connectivity index (χ4n) is 2.61. The Kier molecular flexibility index (Phi) is 4.38. The largest absolute Gasteiger partial charge is 0.507 e. The maximum absolute atomic E-state index is 12.2. The summed E-state index contributed by atoms with van der Waals surface area (Å²) in [6.07, 6.45) is 0. The molecule has 0 unspecified atom stereocenters. The van der Waals surface area contributed by atoms with Gasteiger partial charge in [-0.15, -0.1) is 0 Å². The van der Waals surface area contributed by atoms with Gasteiger partial charge in [0.05, 0.1) is 11.3 Å². The predicted octanol–water partition coefficient (Wildman–Crippen LogP) is 1.82. The first kappa shape index (κ1) is 16.5. The van der Waals surface area contributed by atoms with Crippen LogP contribution in [0.5, 0.6) is 5.75 Å². The van der Waals surface area contributed by atoms with Gasteiger partial charge in [-0.2, -0.15) is 5.10 Å². The van der Waals surface area contributed by atoms with Crippen LogP contribution in [0.4, 0.5) is 0 Å². The van der Waals surface area contributed by atoms with E-state index in [1.807, 2.05) is 44.2 Å². The van der Waals surface area contributed by atoms with Gasteiger partial charge in [-0.3, -0.25) is 25.1 Å². The predicted molar refractivity (Wildman–Crippen MR) is 92.9 cm³/mol. The topological polar surface area (TPSA) is 96.2 Å². The molecule has 128 valence electrons. The lowest BCUT2D eigenvalue weighted by atomic mass is 10.1. The number of hydrazine groups is 1. The van der Waals surface area contributed by atoms with E-state index in [0.717, 1.165) is 22.2 Å². The van der Waals surface area contributed by atoms with Crippen LogP contribution in [0.3, 0.4) is 0 Å². The Hall–Kier alpha value is -3.35. The maximum atomic E-state index is 12.2. The van der Waals surface area contributed by atoms with E-state index in [1.54, 1.807) is 10.7 Å². The number of carbonyl (C=O) groups is 2. The molecule has 3 aromatic rings. The molecule has 1 heterocycles. The number of aromatic hydroxyl groups is 1. The second kappa shape index (κ2) is 6.64. The quantitative estimate of drug-likeness (QED) is 0.635. The summed E-state index contributed by atoms with van der Waals surface area (Å²) in [7, 11) is 0. The lowest BCUT2D eigenvalue weighted by Crippen LogP contribution is -2.43. The number of phenols is 1. The van der Waals surface area contributed by atoms with Gasteiger partial charge in [0, 0.05) is 5.69 Å². The summed E-state index contributed by atoms with van der Waals surface area (Å²) in [6, 6.07) is 12.3. The van der Waals surface area contributed by atoms with Crippen molar-refractivity contribution in [3.8, 4) is 5.75 Å². The van der Waals surface area contributed by atoms with Crippen molar-refractivity contribution in [1.29, 1.82) is 0 Å². The Morgan fingerprint density at radius 2 is 1.76 bits per heavy atom. The number of aromatic nitrogens is 2. The summed E-state index contributed by atoms with van der Waals surface area (Å²) >= 11 is 0. The molecule has 0 radical (unpaired) electrons. The number of fused-ring (bicyclic) bond motifs is 1. The van der Waals surface area contributed by atoms with Crippen LogP contribution in [0.25, 0.3) is 10.8 Å². The Bertz CT molecular complexity index is 962. The molecule has 25 heavy (non-hydrogen) atoms. The molecule has 0 aliphatic heterocycles. The average molecular weight is 338 g/mol. The van der Waals surface area contributed by atoms with Crippen LogP contribution in [-0.2, 0) is 11.3 Å². The van der Waals surface area contributed by atoms with Crippen LogP contribution >= 0.6 is 0 Å². The number of phenolic OH excluding ortho intramolecular Hbond substituents is 1. The zero-order chi connectivity index (χ0) is 18.0. The van der Waals surface area contributed by atoms with Gasteiger partial charge in [0.2, 0.25) is 0 Å². The van der Waals surface area contributed by atoms with Gasteiger partial charge < -0.3 is 5.11 Å². The van der Waals surface area contributed by atoms with E-state index in [4.69, 9.17) is 0 Å². The van der Waals surface area contributed by atoms with Gasteiger partial charge in [-0.1, -0.05) is 24.3 Å². The Labute approximate surface area is 144 Å². The van der Waals surface area contributed by atoms with Crippen molar-refractivity contribution in [3.05, 3.63) is 59.4 Å². The molecule has 0 saturated heterocycles. The van der Waals surface area contributed by atoms with Gasteiger partial charge in [0.15, 0.2) is 0 Å². The van der Waals surface area contributed by atoms with E-state index in [9.17, 15) is 14.7 Å². The number of hydrogen-bond acceptors (Lipinski definition) is 4. The summed E-state index contributed by atoms with van der Waals surface area (Å²) in [4.78, 5) is 24.2. The van der Waals surface area contributed by atoms with E-state index < -0.39 is 11.8 Å². The fourth-order valence-corrected chi connectivity index (χ4v) is 2.61. The van der Waals surface area contributed by atoms with Gasteiger partial charge in [-0.25, -0.2) is 0 Å². The molecule has 2 aromatic carbocycles. The first-order valence-electron chi connectivity index (χ1n) is 7.76. The number of hydrogen-bond donors (Lipinski definition) is 3. The van der Waals surface area contributed by atoms with Crippen molar-refractivity contribution >= 4 is 22.6 Å². The highest BCUT2D eigenvalue weighted by Gasteiger charge is 2.14. The van der Waals surface area contributed by atoms with E-state index in [-0.39, 0.29) is 17.9 Å². The highest BCUT2D eigenvalue weighted by molar-refractivity contribution is 6.02. The van der Waals surface area contributed by atoms with E-state index >= 15 is 0 Å². The number of rotatable bonds is 3. The Balaban J connectivity index is 1.67. The summed E-state index contributed by atoms with van der Waals surface area (Å²) in [5, 5.41) is 15.9. The van der Waals surface area contributed by atoms with Gasteiger partial charge in [0.1, 0.15) is 12.3 Å². The molecule has 3 N–H and O–H groups in total. The lowest BCUT2D eigenvalue weighted by Gasteiger charge is -2.10. The molecule has 2 amide bonds. The van der Waals surface area contributed by atoms with Crippen molar-refractivity contribution in [2.75, 3.05) is 0 Å². The molecule has 7 nitrogen and oxygen atoms in total. The second-order valence-electron chi connectivity index (χ2n) is 5.80. The highest BCUT2D eigenvalue weighted by atomic mass is 16.3. The minimum atomic E-state index is -0.593. The summed E-state index contributed by atoms with van der Waals surface area (Å²) in [6.45, 7) is 3.67. The molecule has 3 rings (SSSR count). The van der Waals surface area contributed by atoms with Gasteiger partial charge >= 0.3 is 0 Å². The normalized spacial score (nSPS) is 10.6. The lowest BCUT2D eigenvalue weighted by molar-refractivity contribution is -0.122. The van der Waals surface area contributed by atoms with Gasteiger partial charge in [0.25, 0.3) is 11.8 Å². The molecule has 0 aliphatic rings. The minimum absolute atomic E-state index is 0.0103. The monoisotopic (exact) mass is 338 g/mol. The zero-order valence-electron chi connectivity index (χ0n) is 13.9. The number of benzene rings is 2. The summed E-state index contributed by atoms with van der Waals surface area (Å²) < 4.78 is 1.55. The first-order chi connectivity index (χ1) is 11.9. The molecule has 7 heteroatoms. The number of nitrogens with zero attached hydrogens (tertiary/aromatic N) is 2. The standard InChI is InChI=1S/C18H18N4O3/c1-11-7-12(2)22(21-11)10-17(24)19-20-18(25)15-8-13-5-3-4-6-14(13)9-16(15)23/h3-9,23H,10H2,1-2H3,(H,19,24)(H,20,25). The fraction of sp³-hybridized carbons (Fsp3) is 0.167. The van der Waals surface area contributed by atoms with Gasteiger partial charge in [-0.05, 0) is 42.8 Å². The van der Waals surface area contributed by atoms with E-state index in [2.05, 4.69) is 16.0 Å². The third kappa shape index (κ3) is 3.60. The van der Waals surface area contributed by atoms with Crippen molar-refractivity contribution in [3.63, 3.8) is 0 Å².